The summed E-state index contributed by atoms with van der Waals surface area (Å²) in [5, 5.41) is 9.39. The molecule has 3 rings (SSSR count). The molecule has 2 N–H and O–H groups in total. The highest BCUT2D eigenvalue weighted by molar-refractivity contribution is 7.16. The molecule has 0 amide bonds. The van der Waals surface area contributed by atoms with Crippen LogP contribution in [0.3, 0.4) is 0 Å². The third kappa shape index (κ3) is 3.07. The standard InChI is InChI=1S/C17H17N3O2S/c1-22-17(21)15-13-6-7-20(10-14(13)23-16(15)19)9-12-4-2-11(8-18)3-5-12/h2-5H,6-7,9-10,19H2,1H3. The SMILES string of the molecule is COC(=O)c1c(N)sc2c1CCN(Cc1ccc(C#N)cc1)C2. The molecule has 1 aromatic heterocycles. The van der Waals surface area contributed by atoms with Gasteiger partial charge in [0.15, 0.2) is 0 Å². The second-order valence-corrected chi connectivity index (χ2v) is 6.64. The van der Waals surface area contributed by atoms with Crippen LogP contribution in [0.5, 0.6) is 0 Å². The van der Waals surface area contributed by atoms with Gasteiger partial charge in [0.25, 0.3) is 0 Å². The quantitative estimate of drug-likeness (QED) is 0.876. The Hall–Kier alpha value is -2.36. The fraction of sp³-hybridized carbons (Fsp3) is 0.294. The van der Waals surface area contributed by atoms with Crippen molar-refractivity contribution in [2.24, 2.45) is 0 Å². The number of hydrogen-bond acceptors (Lipinski definition) is 6. The van der Waals surface area contributed by atoms with Crippen LogP contribution in [-0.2, 0) is 24.2 Å². The summed E-state index contributed by atoms with van der Waals surface area (Å²) in [6, 6.07) is 9.77. The predicted octanol–water partition coefficient (Wildman–Crippen LogP) is 2.55. The second kappa shape index (κ2) is 6.41. The molecule has 1 aromatic carbocycles. The molecule has 1 aliphatic rings. The molecule has 0 fully saturated rings. The maximum Gasteiger partial charge on any atom is 0.341 e. The summed E-state index contributed by atoms with van der Waals surface area (Å²) in [5.74, 6) is -0.347. The first-order valence-corrected chi connectivity index (χ1v) is 8.13. The van der Waals surface area contributed by atoms with Crippen LogP contribution >= 0.6 is 11.3 Å². The number of thiophene rings is 1. The Balaban J connectivity index is 1.75. The molecule has 0 radical (unpaired) electrons. The molecule has 0 saturated carbocycles. The number of carbonyl (C=O) groups is 1. The van der Waals surface area contributed by atoms with Crippen LogP contribution in [0, 0.1) is 11.3 Å². The number of nitrogens with zero attached hydrogens (tertiary/aromatic N) is 2. The van der Waals surface area contributed by atoms with Gasteiger partial charge in [0, 0.05) is 24.5 Å². The fourth-order valence-corrected chi connectivity index (χ4v) is 4.03. The zero-order chi connectivity index (χ0) is 16.4. The van der Waals surface area contributed by atoms with E-state index in [0.29, 0.717) is 16.1 Å². The topological polar surface area (TPSA) is 79.3 Å². The lowest BCUT2D eigenvalue weighted by molar-refractivity contribution is 0.0600. The van der Waals surface area contributed by atoms with Gasteiger partial charge in [-0.1, -0.05) is 12.1 Å². The van der Waals surface area contributed by atoms with Crippen molar-refractivity contribution in [1.29, 1.82) is 5.26 Å². The van der Waals surface area contributed by atoms with E-state index in [9.17, 15) is 4.79 Å². The van der Waals surface area contributed by atoms with Gasteiger partial charge >= 0.3 is 5.97 Å². The Kier molecular flexibility index (Phi) is 4.33. The zero-order valence-corrected chi connectivity index (χ0v) is 13.7. The van der Waals surface area contributed by atoms with Crippen LogP contribution in [0.2, 0.25) is 0 Å². The Labute approximate surface area is 138 Å². The average Bonchev–Trinajstić information content (AvgIpc) is 2.90. The summed E-state index contributed by atoms with van der Waals surface area (Å²) in [5.41, 5.74) is 9.42. The molecule has 2 heterocycles. The maximum absolute atomic E-state index is 11.9. The Bertz CT molecular complexity index is 774. The summed E-state index contributed by atoms with van der Waals surface area (Å²) in [4.78, 5) is 15.3. The minimum Gasteiger partial charge on any atom is -0.465 e. The van der Waals surface area contributed by atoms with Crippen molar-refractivity contribution in [3.05, 3.63) is 51.4 Å². The minimum atomic E-state index is -0.347. The lowest BCUT2D eigenvalue weighted by Crippen LogP contribution is -2.29. The molecule has 5 nitrogen and oxygen atoms in total. The van der Waals surface area contributed by atoms with E-state index in [1.54, 1.807) is 0 Å². The molecule has 0 bridgehead atoms. The fourth-order valence-electron chi connectivity index (χ4n) is 2.88. The molecule has 2 aromatic rings. The van der Waals surface area contributed by atoms with E-state index >= 15 is 0 Å². The first-order valence-electron chi connectivity index (χ1n) is 7.32. The van der Waals surface area contributed by atoms with Gasteiger partial charge in [0.05, 0.1) is 24.3 Å². The normalized spacial score (nSPS) is 14.1. The van der Waals surface area contributed by atoms with Crippen LogP contribution < -0.4 is 5.73 Å². The van der Waals surface area contributed by atoms with Gasteiger partial charge in [-0.05, 0) is 29.7 Å². The number of hydrogen-bond donors (Lipinski definition) is 1. The molecule has 0 spiro atoms. The number of anilines is 1. The van der Waals surface area contributed by atoms with Crippen molar-refractivity contribution in [2.45, 2.75) is 19.5 Å². The first-order chi connectivity index (χ1) is 11.1. The van der Waals surface area contributed by atoms with E-state index in [4.69, 9.17) is 15.7 Å². The number of esters is 1. The smallest absolute Gasteiger partial charge is 0.341 e. The molecular weight excluding hydrogens is 310 g/mol. The number of benzene rings is 1. The monoisotopic (exact) mass is 327 g/mol. The van der Waals surface area contributed by atoms with E-state index < -0.39 is 0 Å². The molecule has 0 aliphatic carbocycles. The van der Waals surface area contributed by atoms with Gasteiger partial charge in [-0.2, -0.15) is 5.26 Å². The van der Waals surface area contributed by atoms with Crippen LogP contribution in [0.25, 0.3) is 0 Å². The highest BCUT2D eigenvalue weighted by Gasteiger charge is 2.27. The number of methoxy groups -OCH3 is 1. The molecule has 0 atom stereocenters. The van der Waals surface area contributed by atoms with Crippen LogP contribution in [0.1, 0.15) is 31.9 Å². The Morgan fingerprint density at radius 3 is 2.83 bits per heavy atom. The van der Waals surface area contributed by atoms with Crippen molar-refractivity contribution in [3.63, 3.8) is 0 Å². The molecule has 6 heteroatoms. The highest BCUT2D eigenvalue weighted by atomic mass is 32.1. The molecule has 118 valence electrons. The molecule has 1 aliphatic heterocycles. The van der Waals surface area contributed by atoms with Gasteiger partial charge in [0.2, 0.25) is 0 Å². The molecular formula is C17H17N3O2S. The van der Waals surface area contributed by atoms with Gasteiger partial charge in [-0.3, -0.25) is 4.90 Å². The van der Waals surface area contributed by atoms with Crippen LogP contribution in [-0.4, -0.2) is 24.5 Å². The van der Waals surface area contributed by atoms with E-state index in [0.717, 1.165) is 36.5 Å². The van der Waals surface area contributed by atoms with Crippen LogP contribution in [0.4, 0.5) is 5.00 Å². The number of rotatable bonds is 3. The van der Waals surface area contributed by atoms with E-state index in [2.05, 4.69) is 11.0 Å². The summed E-state index contributed by atoms with van der Waals surface area (Å²) in [7, 11) is 1.38. The van der Waals surface area contributed by atoms with Crippen molar-refractivity contribution in [1.82, 2.24) is 4.90 Å². The van der Waals surface area contributed by atoms with Crippen LogP contribution in [0.15, 0.2) is 24.3 Å². The largest absolute Gasteiger partial charge is 0.465 e. The summed E-state index contributed by atoms with van der Waals surface area (Å²) in [6.45, 7) is 2.46. The lowest BCUT2D eigenvalue weighted by atomic mass is 10.0. The van der Waals surface area contributed by atoms with Crippen molar-refractivity contribution in [3.8, 4) is 6.07 Å². The number of nitrogens with two attached hydrogens (primary N) is 1. The van der Waals surface area contributed by atoms with Gasteiger partial charge in [-0.15, -0.1) is 11.3 Å². The zero-order valence-electron chi connectivity index (χ0n) is 12.8. The maximum atomic E-state index is 11.9. The average molecular weight is 327 g/mol. The van der Waals surface area contributed by atoms with Crippen molar-refractivity contribution >= 4 is 22.3 Å². The van der Waals surface area contributed by atoms with Gasteiger partial charge in [0.1, 0.15) is 5.00 Å². The third-order valence-electron chi connectivity index (χ3n) is 4.04. The molecule has 0 saturated heterocycles. The highest BCUT2D eigenvalue weighted by Crippen LogP contribution is 2.35. The molecule has 0 unspecified atom stereocenters. The third-order valence-corrected chi connectivity index (χ3v) is 5.09. The van der Waals surface area contributed by atoms with E-state index in [1.807, 2.05) is 24.3 Å². The number of carbonyl (C=O) groups excluding carboxylic acids is 1. The number of nitrogen functional groups attached to an aromatic ring is 1. The number of ether oxygens (including phenoxy) is 1. The van der Waals surface area contributed by atoms with Crippen molar-refractivity contribution < 1.29 is 9.53 Å². The second-order valence-electron chi connectivity index (χ2n) is 5.50. The van der Waals surface area contributed by atoms with E-state index in [1.165, 1.54) is 24.0 Å². The van der Waals surface area contributed by atoms with Crippen molar-refractivity contribution in [2.75, 3.05) is 19.4 Å². The Morgan fingerprint density at radius 2 is 2.17 bits per heavy atom. The summed E-state index contributed by atoms with van der Waals surface area (Å²) >= 11 is 1.47. The molecule has 23 heavy (non-hydrogen) atoms. The lowest BCUT2D eigenvalue weighted by Gasteiger charge is -2.27. The van der Waals surface area contributed by atoms with E-state index in [-0.39, 0.29) is 5.97 Å². The minimum absolute atomic E-state index is 0.347. The number of fused-ring (bicyclic) bond motifs is 1. The Morgan fingerprint density at radius 1 is 1.43 bits per heavy atom. The van der Waals surface area contributed by atoms with Gasteiger partial charge in [-0.25, -0.2) is 4.79 Å². The first kappa shape index (κ1) is 15.5. The predicted molar refractivity (Wildman–Crippen MR) is 89.0 cm³/mol. The van der Waals surface area contributed by atoms with Gasteiger partial charge < -0.3 is 10.5 Å². The summed E-state index contributed by atoms with van der Waals surface area (Å²) in [6.07, 6.45) is 0.795. The summed E-state index contributed by atoms with van der Waals surface area (Å²) < 4.78 is 4.83. The number of nitriles is 1.